The predicted octanol–water partition coefficient (Wildman–Crippen LogP) is 3.59. The Labute approximate surface area is 121 Å². The Balaban J connectivity index is 2.11. The fraction of sp³-hybridized carbons (Fsp3) is 0.412. The Morgan fingerprint density at radius 1 is 1.15 bits per heavy atom. The second kappa shape index (κ2) is 7.15. The number of hydrogen-bond acceptors (Lipinski definition) is 3. The average Bonchev–Trinajstić information content (AvgIpc) is 2.47. The van der Waals surface area contributed by atoms with Crippen LogP contribution in [0.3, 0.4) is 0 Å². The van der Waals surface area contributed by atoms with E-state index >= 15 is 0 Å². The molecule has 0 spiro atoms. The van der Waals surface area contributed by atoms with Crippen molar-refractivity contribution in [3.05, 3.63) is 59.7 Å². The molecule has 0 saturated heterocycles. The Morgan fingerprint density at radius 2 is 2.00 bits per heavy atom. The molecule has 3 nitrogen and oxygen atoms in total. The van der Waals surface area contributed by atoms with Crippen molar-refractivity contribution in [2.24, 2.45) is 0 Å². The first kappa shape index (κ1) is 14.7. The lowest BCUT2D eigenvalue weighted by Crippen LogP contribution is -2.32. The summed E-state index contributed by atoms with van der Waals surface area (Å²) in [6.07, 6.45) is 4.89. The van der Waals surface area contributed by atoms with Gasteiger partial charge >= 0.3 is 0 Å². The minimum absolute atomic E-state index is 0.525. The first-order chi connectivity index (χ1) is 9.69. The molecule has 0 aliphatic carbocycles. The van der Waals surface area contributed by atoms with Crippen LogP contribution in [0.15, 0.2) is 42.7 Å². The van der Waals surface area contributed by atoms with E-state index < -0.39 is 0 Å². The topological polar surface area (TPSA) is 29.0 Å². The van der Waals surface area contributed by atoms with E-state index in [9.17, 15) is 0 Å². The summed E-state index contributed by atoms with van der Waals surface area (Å²) in [6, 6.07) is 10.9. The van der Waals surface area contributed by atoms with Gasteiger partial charge in [-0.25, -0.2) is 0 Å². The lowest BCUT2D eigenvalue weighted by Gasteiger charge is -2.28. The highest BCUT2D eigenvalue weighted by atomic mass is 15.2. The van der Waals surface area contributed by atoms with Crippen molar-refractivity contribution in [2.75, 3.05) is 0 Å². The van der Waals surface area contributed by atoms with Crippen LogP contribution in [-0.2, 0) is 13.1 Å². The minimum atomic E-state index is 0.525. The van der Waals surface area contributed by atoms with Crippen molar-refractivity contribution in [1.82, 2.24) is 14.9 Å². The van der Waals surface area contributed by atoms with Gasteiger partial charge in [-0.05, 0) is 44.0 Å². The predicted molar refractivity (Wildman–Crippen MR) is 82.2 cm³/mol. The quantitative estimate of drug-likeness (QED) is 0.802. The highest BCUT2D eigenvalue weighted by molar-refractivity contribution is 5.12. The highest BCUT2D eigenvalue weighted by Crippen LogP contribution is 2.13. The van der Waals surface area contributed by atoms with Crippen LogP contribution in [-0.4, -0.2) is 20.9 Å². The number of aryl methyl sites for hydroxylation is 1. The fourth-order valence-electron chi connectivity index (χ4n) is 2.25. The molecule has 0 bridgehead atoms. The van der Waals surface area contributed by atoms with Gasteiger partial charge in [0, 0.05) is 37.2 Å². The molecule has 20 heavy (non-hydrogen) atoms. The Kier molecular flexibility index (Phi) is 5.24. The Morgan fingerprint density at radius 3 is 2.65 bits per heavy atom. The molecule has 2 rings (SSSR count). The molecule has 0 fully saturated rings. The van der Waals surface area contributed by atoms with Gasteiger partial charge in [-0.2, -0.15) is 0 Å². The molecular formula is C17H23N3. The van der Waals surface area contributed by atoms with Crippen LogP contribution in [0.1, 0.15) is 37.2 Å². The number of pyridine rings is 2. The van der Waals surface area contributed by atoms with Crippen LogP contribution < -0.4 is 0 Å². The molecule has 2 heterocycles. The third-order valence-corrected chi connectivity index (χ3v) is 3.63. The summed E-state index contributed by atoms with van der Waals surface area (Å²) in [6.45, 7) is 8.33. The van der Waals surface area contributed by atoms with Crippen LogP contribution >= 0.6 is 0 Å². The molecule has 2 aromatic heterocycles. The zero-order chi connectivity index (χ0) is 14.4. The SMILES string of the molecule is CCC(C)N(Cc1cccnc1)Cc1cccc(C)n1. The number of aromatic nitrogens is 2. The molecule has 0 saturated carbocycles. The number of hydrogen-bond donors (Lipinski definition) is 0. The maximum atomic E-state index is 4.61. The fourth-order valence-corrected chi connectivity index (χ4v) is 2.25. The van der Waals surface area contributed by atoms with Gasteiger partial charge in [-0.1, -0.05) is 19.1 Å². The van der Waals surface area contributed by atoms with Crippen LogP contribution in [0.5, 0.6) is 0 Å². The molecule has 2 aromatic rings. The van der Waals surface area contributed by atoms with Gasteiger partial charge < -0.3 is 0 Å². The van der Waals surface area contributed by atoms with Crippen molar-refractivity contribution in [3.63, 3.8) is 0 Å². The van der Waals surface area contributed by atoms with E-state index in [1.165, 1.54) is 5.56 Å². The van der Waals surface area contributed by atoms with E-state index in [2.05, 4.69) is 46.9 Å². The first-order valence-corrected chi connectivity index (χ1v) is 7.24. The largest absolute Gasteiger partial charge is 0.291 e. The number of rotatable bonds is 6. The van der Waals surface area contributed by atoms with E-state index in [1.54, 1.807) is 0 Å². The van der Waals surface area contributed by atoms with Crippen molar-refractivity contribution < 1.29 is 0 Å². The standard InChI is InChI=1S/C17H23N3/c1-4-15(3)20(12-16-8-6-10-18-11-16)13-17-9-5-7-14(2)19-17/h5-11,15H,4,12-13H2,1-3H3. The summed E-state index contributed by atoms with van der Waals surface area (Å²) in [5.74, 6) is 0. The molecule has 0 amide bonds. The zero-order valence-electron chi connectivity index (χ0n) is 12.6. The van der Waals surface area contributed by atoms with Crippen molar-refractivity contribution in [3.8, 4) is 0 Å². The van der Waals surface area contributed by atoms with E-state index in [1.807, 2.05) is 31.5 Å². The zero-order valence-corrected chi connectivity index (χ0v) is 12.6. The van der Waals surface area contributed by atoms with Crippen molar-refractivity contribution in [1.29, 1.82) is 0 Å². The van der Waals surface area contributed by atoms with Gasteiger partial charge in [0.2, 0.25) is 0 Å². The maximum Gasteiger partial charge on any atom is 0.0547 e. The monoisotopic (exact) mass is 269 g/mol. The smallest absolute Gasteiger partial charge is 0.0547 e. The van der Waals surface area contributed by atoms with Crippen LogP contribution in [0.2, 0.25) is 0 Å². The Hall–Kier alpha value is -1.74. The molecular weight excluding hydrogens is 246 g/mol. The molecule has 0 aromatic carbocycles. The lowest BCUT2D eigenvalue weighted by atomic mass is 10.1. The molecule has 1 atom stereocenters. The second-order valence-corrected chi connectivity index (χ2v) is 5.29. The summed E-state index contributed by atoms with van der Waals surface area (Å²) in [5.41, 5.74) is 3.46. The van der Waals surface area contributed by atoms with Gasteiger partial charge in [-0.3, -0.25) is 14.9 Å². The van der Waals surface area contributed by atoms with Gasteiger partial charge in [0.05, 0.1) is 5.69 Å². The summed E-state index contributed by atoms with van der Waals surface area (Å²) in [5, 5.41) is 0. The van der Waals surface area contributed by atoms with Gasteiger partial charge in [0.15, 0.2) is 0 Å². The molecule has 0 aliphatic rings. The average molecular weight is 269 g/mol. The highest BCUT2D eigenvalue weighted by Gasteiger charge is 2.14. The van der Waals surface area contributed by atoms with E-state index in [-0.39, 0.29) is 0 Å². The third kappa shape index (κ3) is 4.14. The summed E-state index contributed by atoms with van der Waals surface area (Å²) < 4.78 is 0. The van der Waals surface area contributed by atoms with E-state index in [0.29, 0.717) is 6.04 Å². The maximum absolute atomic E-state index is 4.61. The third-order valence-electron chi connectivity index (χ3n) is 3.63. The van der Waals surface area contributed by atoms with Crippen molar-refractivity contribution in [2.45, 2.75) is 46.3 Å². The second-order valence-electron chi connectivity index (χ2n) is 5.29. The molecule has 0 N–H and O–H groups in total. The van der Waals surface area contributed by atoms with Crippen LogP contribution in [0.4, 0.5) is 0 Å². The van der Waals surface area contributed by atoms with E-state index in [4.69, 9.17) is 0 Å². The van der Waals surface area contributed by atoms with Gasteiger partial charge in [-0.15, -0.1) is 0 Å². The summed E-state index contributed by atoms with van der Waals surface area (Å²) >= 11 is 0. The molecule has 0 aliphatic heterocycles. The van der Waals surface area contributed by atoms with Crippen molar-refractivity contribution >= 4 is 0 Å². The van der Waals surface area contributed by atoms with E-state index in [0.717, 1.165) is 30.9 Å². The Bertz CT molecular complexity index is 525. The van der Waals surface area contributed by atoms with Gasteiger partial charge in [0.25, 0.3) is 0 Å². The summed E-state index contributed by atoms with van der Waals surface area (Å²) in [4.78, 5) is 11.3. The summed E-state index contributed by atoms with van der Waals surface area (Å²) in [7, 11) is 0. The molecule has 1 unspecified atom stereocenters. The van der Waals surface area contributed by atoms with Crippen LogP contribution in [0.25, 0.3) is 0 Å². The molecule has 0 radical (unpaired) electrons. The normalized spacial score (nSPS) is 12.6. The number of nitrogens with zero attached hydrogens (tertiary/aromatic N) is 3. The minimum Gasteiger partial charge on any atom is -0.291 e. The van der Waals surface area contributed by atoms with Gasteiger partial charge in [0.1, 0.15) is 0 Å². The van der Waals surface area contributed by atoms with Crippen LogP contribution in [0, 0.1) is 6.92 Å². The first-order valence-electron chi connectivity index (χ1n) is 7.24. The molecule has 3 heteroatoms. The lowest BCUT2D eigenvalue weighted by molar-refractivity contribution is 0.183. The molecule has 106 valence electrons.